The van der Waals surface area contributed by atoms with Crippen LogP contribution < -0.4 is 4.90 Å². The number of benzene rings is 2. The molecule has 0 spiro atoms. The summed E-state index contributed by atoms with van der Waals surface area (Å²) in [5, 5.41) is 11.1. The van der Waals surface area contributed by atoms with E-state index in [9.17, 15) is 14.7 Å². The molecule has 0 saturated heterocycles. The molecule has 2 aromatic carbocycles. The number of carbonyl (C=O) groups excluding carboxylic acids is 2. The van der Waals surface area contributed by atoms with Crippen LogP contribution in [0.4, 0.5) is 5.69 Å². The number of thioether (sulfide) groups is 1. The Morgan fingerprint density at radius 1 is 1.19 bits per heavy atom. The molecule has 6 heteroatoms. The van der Waals surface area contributed by atoms with Gasteiger partial charge in [0.25, 0.3) is 5.91 Å². The topological polar surface area (TPSA) is 57.6 Å². The van der Waals surface area contributed by atoms with Crippen LogP contribution in [0.15, 0.2) is 53.0 Å². The summed E-state index contributed by atoms with van der Waals surface area (Å²) in [7, 11) is 0. The second-order valence-electron chi connectivity index (χ2n) is 7.66. The van der Waals surface area contributed by atoms with Crippen molar-refractivity contribution in [1.29, 1.82) is 0 Å². The van der Waals surface area contributed by atoms with Crippen LogP contribution in [-0.4, -0.2) is 20.9 Å². The van der Waals surface area contributed by atoms with Crippen LogP contribution in [0.5, 0.6) is 0 Å². The van der Waals surface area contributed by atoms with Crippen LogP contribution in [0.25, 0.3) is 0 Å². The lowest BCUT2D eigenvalue weighted by molar-refractivity contribution is -0.139. The quantitative estimate of drug-likeness (QED) is 0.741. The molecule has 0 bridgehead atoms. The molecule has 0 aliphatic carbocycles. The average Bonchev–Trinajstić information content (AvgIpc) is 2.75. The van der Waals surface area contributed by atoms with Crippen molar-refractivity contribution >= 4 is 44.4 Å². The Morgan fingerprint density at radius 2 is 1.85 bits per heavy atom. The Kier molecular flexibility index (Phi) is 5.52. The number of rotatable bonds is 4. The maximum atomic E-state index is 13.2. The van der Waals surface area contributed by atoms with Crippen LogP contribution >= 0.6 is 27.7 Å². The predicted octanol–water partition coefficient (Wildman–Crippen LogP) is 4.63. The molecule has 1 N–H and O–H groups in total. The molecule has 0 unspecified atom stereocenters. The minimum atomic E-state index is -1.83. The number of amides is 1. The number of hydrogen-bond donors (Lipinski definition) is 1. The van der Waals surface area contributed by atoms with E-state index < -0.39 is 11.5 Å². The van der Waals surface area contributed by atoms with E-state index >= 15 is 0 Å². The van der Waals surface area contributed by atoms with Gasteiger partial charge in [-0.25, -0.2) is 0 Å². The Bertz CT molecular complexity index is 879. The van der Waals surface area contributed by atoms with Gasteiger partial charge >= 0.3 is 0 Å². The number of halogens is 1. The molecule has 1 atom stereocenters. The van der Waals surface area contributed by atoms with Crippen molar-refractivity contribution in [3.05, 3.63) is 64.1 Å². The van der Waals surface area contributed by atoms with Crippen molar-refractivity contribution in [3.8, 4) is 0 Å². The highest BCUT2D eigenvalue weighted by Gasteiger charge is 2.51. The first kappa shape index (κ1) is 20.1. The lowest BCUT2D eigenvalue weighted by Gasteiger charge is -2.24. The molecule has 0 saturated carbocycles. The first-order valence-corrected chi connectivity index (χ1v) is 10.3. The van der Waals surface area contributed by atoms with Crippen molar-refractivity contribution in [3.63, 3.8) is 0 Å². The lowest BCUT2D eigenvalue weighted by Crippen LogP contribution is -2.41. The van der Waals surface area contributed by atoms with Crippen molar-refractivity contribution in [2.75, 3.05) is 4.90 Å². The number of nitrogens with zero attached hydrogens (tertiary/aromatic N) is 1. The fourth-order valence-corrected chi connectivity index (χ4v) is 4.52. The van der Waals surface area contributed by atoms with Gasteiger partial charge in [0.05, 0.1) is 18.7 Å². The zero-order valence-electron chi connectivity index (χ0n) is 15.5. The number of hydrogen-bond acceptors (Lipinski definition) is 4. The van der Waals surface area contributed by atoms with E-state index in [4.69, 9.17) is 0 Å². The zero-order valence-corrected chi connectivity index (χ0v) is 17.9. The highest BCUT2D eigenvalue weighted by molar-refractivity contribution is 9.10. The third-order valence-corrected chi connectivity index (χ3v) is 5.78. The maximum absolute atomic E-state index is 13.2. The molecule has 3 rings (SSSR count). The Balaban J connectivity index is 1.96. The molecular formula is C21H22BrNO3S. The maximum Gasteiger partial charge on any atom is 0.264 e. The van der Waals surface area contributed by atoms with Crippen LogP contribution in [0, 0.1) is 0 Å². The standard InChI is InChI=1S/C21H22BrNO3S/c1-20(2,3)27-18(24)12-21(26)16-10-9-15(22)11-17(16)23(19(21)25)13-14-7-5-4-6-8-14/h4-11,26H,12-13H2,1-3H3/t21-/m1/s1. The Morgan fingerprint density at radius 3 is 2.48 bits per heavy atom. The SMILES string of the molecule is CC(C)(C)SC(=O)C[C@]1(O)C(=O)N(Cc2ccccc2)c2cc(Br)ccc21. The first-order chi connectivity index (χ1) is 12.6. The molecule has 1 aliphatic rings. The molecule has 0 fully saturated rings. The molecular weight excluding hydrogens is 426 g/mol. The molecule has 1 amide bonds. The molecule has 142 valence electrons. The van der Waals surface area contributed by atoms with Crippen LogP contribution in [0.2, 0.25) is 0 Å². The van der Waals surface area contributed by atoms with E-state index in [1.54, 1.807) is 17.0 Å². The largest absolute Gasteiger partial charge is 0.375 e. The third kappa shape index (κ3) is 4.28. The van der Waals surface area contributed by atoms with E-state index in [-0.39, 0.29) is 16.3 Å². The van der Waals surface area contributed by atoms with Gasteiger partial charge in [-0.3, -0.25) is 9.59 Å². The van der Waals surface area contributed by atoms with Crippen LogP contribution in [0.3, 0.4) is 0 Å². The van der Waals surface area contributed by atoms with Crippen molar-refractivity contribution < 1.29 is 14.7 Å². The van der Waals surface area contributed by atoms with Crippen molar-refractivity contribution in [2.45, 2.75) is 44.1 Å². The number of anilines is 1. The average molecular weight is 448 g/mol. The van der Waals surface area contributed by atoms with Crippen LogP contribution in [0.1, 0.15) is 38.3 Å². The van der Waals surface area contributed by atoms with Gasteiger partial charge in [-0.2, -0.15) is 0 Å². The van der Waals surface area contributed by atoms with Crippen molar-refractivity contribution in [1.82, 2.24) is 0 Å². The van der Waals surface area contributed by atoms with Gasteiger partial charge in [-0.15, -0.1) is 0 Å². The summed E-state index contributed by atoms with van der Waals surface area (Å²) in [6.07, 6.45) is -0.242. The van der Waals surface area contributed by atoms with Gasteiger partial charge in [0.1, 0.15) is 0 Å². The van der Waals surface area contributed by atoms with Gasteiger partial charge in [-0.05, 0) is 17.7 Å². The Labute approximate surface area is 172 Å². The normalized spacial score (nSPS) is 19.3. The van der Waals surface area contributed by atoms with Gasteiger partial charge in [0.15, 0.2) is 10.7 Å². The summed E-state index contributed by atoms with van der Waals surface area (Å²) < 4.78 is 0.535. The van der Waals surface area contributed by atoms with Gasteiger partial charge in [0, 0.05) is 14.8 Å². The van der Waals surface area contributed by atoms with E-state index in [0.29, 0.717) is 17.8 Å². The summed E-state index contributed by atoms with van der Waals surface area (Å²) in [4.78, 5) is 27.3. The number of carbonyl (C=O) groups is 2. The molecule has 2 aromatic rings. The van der Waals surface area contributed by atoms with E-state index in [1.807, 2.05) is 57.2 Å². The molecule has 0 aromatic heterocycles. The molecule has 4 nitrogen and oxygen atoms in total. The molecule has 1 heterocycles. The third-order valence-electron chi connectivity index (χ3n) is 4.30. The van der Waals surface area contributed by atoms with Gasteiger partial charge in [0.2, 0.25) is 0 Å². The lowest BCUT2D eigenvalue weighted by atomic mass is 9.92. The highest BCUT2D eigenvalue weighted by Crippen LogP contribution is 2.45. The fraction of sp³-hybridized carbons (Fsp3) is 0.333. The van der Waals surface area contributed by atoms with Gasteiger partial charge < -0.3 is 10.0 Å². The smallest absolute Gasteiger partial charge is 0.264 e. The molecule has 1 aliphatic heterocycles. The zero-order chi connectivity index (χ0) is 19.8. The van der Waals surface area contributed by atoms with E-state index in [2.05, 4.69) is 15.9 Å². The summed E-state index contributed by atoms with van der Waals surface area (Å²) in [5.74, 6) is -0.456. The molecule has 0 radical (unpaired) electrons. The monoisotopic (exact) mass is 447 g/mol. The summed E-state index contributed by atoms with van der Waals surface area (Å²) in [5.41, 5.74) is 0.236. The highest BCUT2D eigenvalue weighted by atomic mass is 79.9. The minimum Gasteiger partial charge on any atom is -0.375 e. The first-order valence-electron chi connectivity index (χ1n) is 8.70. The second-order valence-corrected chi connectivity index (χ2v) is 10.5. The summed E-state index contributed by atoms with van der Waals surface area (Å²) >= 11 is 4.58. The summed E-state index contributed by atoms with van der Waals surface area (Å²) in [6.45, 7) is 6.14. The minimum absolute atomic E-state index is 0.200. The fourth-order valence-electron chi connectivity index (χ4n) is 3.21. The van der Waals surface area contributed by atoms with E-state index in [1.165, 1.54) is 0 Å². The summed E-state index contributed by atoms with van der Waals surface area (Å²) in [6, 6.07) is 14.9. The van der Waals surface area contributed by atoms with E-state index in [0.717, 1.165) is 21.8 Å². The number of aliphatic hydroxyl groups is 1. The van der Waals surface area contributed by atoms with Crippen molar-refractivity contribution in [2.24, 2.45) is 0 Å². The number of fused-ring (bicyclic) bond motifs is 1. The predicted molar refractivity (Wildman–Crippen MR) is 113 cm³/mol. The van der Waals surface area contributed by atoms with Gasteiger partial charge in [-0.1, -0.05) is 84.9 Å². The Hall–Kier alpha value is -1.63. The second kappa shape index (κ2) is 7.41. The van der Waals surface area contributed by atoms with Crippen LogP contribution in [-0.2, 0) is 21.7 Å². The molecule has 27 heavy (non-hydrogen) atoms.